The van der Waals surface area contributed by atoms with E-state index in [1.807, 2.05) is 6.92 Å². The average Bonchev–Trinajstić information content (AvgIpc) is 3.07. The van der Waals surface area contributed by atoms with Crippen molar-refractivity contribution in [3.05, 3.63) is 69.5 Å². The second kappa shape index (κ2) is 8.50. The van der Waals surface area contributed by atoms with Gasteiger partial charge in [0.1, 0.15) is 11.4 Å². The number of hydrogen-bond acceptors (Lipinski definition) is 4. The molecule has 9 heteroatoms. The predicted octanol–water partition coefficient (Wildman–Crippen LogP) is 4.72. The Labute approximate surface area is 170 Å². The molecule has 3 aromatic rings. The van der Waals surface area contributed by atoms with E-state index in [-0.39, 0.29) is 28.7 Å². The van der Waals surface area contributed by atoms with E-state index in [1.165, 1.54) is 6.33 Å². The number of ether oxygens (including phenoxy) is 1. The summed E-state index contributed by atoms with van der Waals surface area (Å²) in [4.78, 5) is 18.5. The predicted molar refractivity (Wildman–Crippen MR) is 106 cm³/mol. The Bertz CT molecular complexity index is 1000. The highest BCUT2D eigenvalue weighted by Crippen LogP contribution is 2.33. The van der Waals surface area contributed by atoms with Gasteiger partial charge in [-0.3, -0.25) is 4.79 Å². The van der Waals surface area contributed by atoms with Gasteiger partial charge in [0.25, 0.3) is 5.91 Å². The van der Waals surface area contributed by atoms with E-state index in [0.717, 1.165) is 0 Å². The average molecular weight is 423 g/mol. The van der Waals surface area contributed by atoms with Gasteiger partial charge in [0.05, 0.1) is 6.33 Å². The molecule has 1 heterocycles. The fourth-order valence-corrected chi connectivity index (χ4v) is 3.05. The van der Waals surface area contributed by atoms with Crippen molar-refractivity contribution < 1.29 is 13.9 Å². The SMILES string of the molecule is CCc1ccc(CNC(=O)c2[nH]cnc2Cl)c(F)c1Oc1cc(N)cc(Cl)c1. The van der Waals surface area contributed by atoms with Crippen LogP contribution in [-0.2, 0) is 13.0 Å². The Kier molecular flexibility index (Phi) is 6.06. The summed E-state index contributed by atoms with van der Waals surface area (Å²) < 4.78 is 20.8. The van der Waals surface area contributed by atoms with Crippen LogP contribution in [0.4, 0.5) is 10.1 Å². The van der Waals surface area contributed by atoms with Crippen molar-refractivity contribution in [2.45, 2.75) is 19.9 Å². The van der Waals surface area contributed by atoms with Crippen molar-refractivity contribution in [1.82, 2.24) is 15.3 Å². The van der Waals surface area contributed by atoms with Gasteiger partial charge in [-0.1, -0.05) is 42.3 Å². The fourth-order valence-electron chi connectivity index (χ4n) is 2.62. The number of aromatic amines is 1. The summed E-state index contributed by atoms with van der Waals surface area (Å²) in [6.07, 6.45) is 1.86. The summed E-state index contributed by atoms with van der Waals surface area (Å²) in [7, 11) is 0. The third-order valence-corrected chi connectivity index (χ3v) is 4.52. The van der Waals surface area contributed by atoms with E-state index in [4.69, 9.17) is 33.7 Å². The zero-order chi connectivity index (χ0) is 20.3. The molecule has 0 bridgehead atoms. The minimum Gasteiger partial charge on any atom is -0.454 e. The van der Waals surface area contributed by atoms with E-state index in [2.05, 4.69) is 15.3 Å². The summed E-state index contributed by atoms with van der Waals surface area (Å²) >= 11 is 11.8. The topological polar surface area (TPSA) is 93.0 Å². The highest BCUT2D eigenvalue weighted by molar-refractivity contribution is 6.32. The zero-order valence-corrected chi connectivity index (χ0v) is 16.4. The lowest BCUT2D eigenvalue weighted by Crippen LogP contribution is -2.24. The van der Waals surface area contributed by atoms with Crippen LogP contribution in [0.25, 0.3) is 0 Å². The Balaban J connectivity index is 1.84. The van der Waals surface area contributed by atoms with Crippen molar-refractivity contribution in [2.24, 2.45) is 0 Å². The first-order chi connectivity index (χ1) is 13.4. The van der Waals surface area contributed by atoms with E-state index in [1.54, 1.807) is 30.3 Å². The maximum absolute atomic E-state index is 15.1. The maximum Gasteiger partial charge on any atom is 0.271 e. The molecule has 1 amide bonds. The Morgan fingerprint density at radius 3 is 2.68 bits per heavy atom. The molecule has 0 atom stereocenters. The van der Waals surface area contributed by atoms with Gasteiger partial charge < -0.3 is 20.8 Å². The molecule has 28 heavy (non-hydrogen) atoms. The molecule has 0 aliphatic carbocycles. The molecule has 0 saturated heterocycles. The van der Waals surface area contributed by atoms with Crippen molar-refractivity contribution >= 4 is 34.8 Å². The van der Waals surface area contributed by atoms with Crippen LogP contribution in [-0.4, -0.2) is 15.9 Å². The van der Waals surface area contributed by atoms with E-state index in [0.29, 0.717) is 28.4 Å². The number of H-pyrrole nitrogens is 1. The van der Waals surface area contributed by atoms with Gasteiger partial charge in [0.15, 0.2) is 16.7 Å². The number of amides is 1. The van der Waals surface area contributed by atoms with Gasteiger partial charge in [-0.15, -0.1) is 0 Å². The molecule has 146 valence electrons. The van der Waals surface area contributed by atoms with Crippen LogP contribution < -0.4 is 15.8 Å². The van der Waals surface area contributed by atoms with E-state index >= 15 is 4.39 Å². The van der Waals surface area contributed by atoms with Crippen molar-refractivity contribution in [1.29, 1.82) is 0 Å². The number of nitrogen functional groups attached to an aromatic ring is 1. The van der Waals surface area contributed by atoms with Gasteiger partial charge in [-0.2, -0.15) is 0 Å². The number of nitrogens with one attached hydrogen (secondary N) is 2. The minimum absolute atomic E-state index is 0.0434. The smallest absolute Gasteiger partial charge is 0.271 e. The van der Waals surface area contributed by atoms with Crippen LogP contribution in [0.5, 0.6) is 11.5 Å². The summed E-state index contributed by atoms with van der Waals surface area (Å²) in [6, 6.07) is 8.02. The number of nitrogens with two attached hydrogens (primary N) is 1. The number of anilines is 1. The largest absolute Gasteiger partial charge is 0.454 e. The second-order valence-electron chi connectivity index (χ2n) is 5.95. The second-order valence-corrected chi connectivity index (χ2v) is 6.75. The summed E-state index contributed by atoms with van der Waals surface area (Å²) in [5, 5.41) is 3.02. The highest BCUT2D eigenvalue weighted by Gasteiger charge is 2.18. The van der Waals surface area contributed by atoms with Crippen molar-refractivity contribution in [3.8, 4) is 11.5 Å². The molecule has 4 N–H and O–H groups in total. The number of aryl methyl sites for hydroxylation is 1. The quantitative estimate of drug-likeness (QED) is 0.500. The van der Waals surface area contributed by atoms with Crippen LogP contribution in [0, 0.1) is 5.82 Å². The van der Waals surface area contributed by atoms with Gasteiger partial charge in [-0.25, -0.2) is 9.37 Å². The van der Waals surface area contributed by atoms with Crippen LogP contribution in [0.3, 0.4) is 0 Å². The van der Waals surface area contributed by atoms with Crippen LogP contribution in [0.2, 0.25) is 10.2 Å². The molecule has 2 aromatic carbocycles. The monoisotopic (exact) mass is 422 g/mol. The Morgan fingerprint density at radius 1 is 1.29 bits per heavy atom. The van der Waals surface area contributed by atoms with Gasteiger partial charge >= 0.3 is 0 Å². The third kappa shape index (κ3) is 4.37. The number of aromatic nitrogens is 2. The number of halogens is 3. The van der Waals surface area contributed by atoms with Gasteiger partial charge in [-0.05, 0) is 24.1 Å². The molecule has 3 rings (SSSR count). The lowest BCUT2D eigenvalue weighted by molar-refractivity contribution is 0.0946. The third-order valence-electron chi connectivity index (χ3n) is 4.01. The molecule has 0 radical (unpaired) electrons. The summed E-state index contributed by atoms with van der Waals surface area (Å²) in [5.74, 6) is -0.681. The van der Waals surface area contributed by atoms with E-state index < -0.39 is 11.7 Å². The molecular formula is C19H17Cl2FN4O2. The minimum atomic E-state index is -0.575. The van der Waals surface area contributed by atoms with Crippen LogP contribution >= 0.6 is 23.2 Å². The Hall–Kier alpha value is -2.77. The molecule has 1 aromatic heterocycles. The number of carbonyl (C=O) groups excluding carboxylic acids is 1. The lowest BCUT2D eigenvalue weighted by Gasteiger charge is -2.15. The first kappa shape index (κ1) is 20.0. The molecule has 0 unspecified atom stereocenters. The first-order valence-electron chi connectivity index (χ1n) is 8.40. The van der Waals surface area contributed by atoms with Gasteiger partial charge in [0, 0.05) is 28.9 Å². The number of nitrogens with zero attached hydrogens (tertiary/aromatic N) is 1. The Morgan fingerprint density at radius 2 is 2.04 bits per heavy atom. The number of benzene rings is 2. The molecule has 0 aliphatic heterocycles. The number of imidazole rings is 1. The number of rotatable bonds is 6. The molecule has 6 nitrogen and oxygen atoms in total. The number of carbonyl (C=O) groups is 1. The fraction of sp³-hybridized carbons (Fsp3) is 0.158. The maximum atomic E-state index is 15.1. The standard InChI is InChI=1S/C19H17Cl2FN4O2/c1-2-10-3-4-11(8-24-19(27)16-18(21)26-9-25-16)15(22)17(10)28-14-6-12(20)5-13(23)7-14/h3-7,9H,2,8,23H2,1H3,(H,24,27)(H,25,26). The normalized spacial score (nSPS) is 10.7. The van der Waals surface area contributed by atoms with Gasteiger partial charge in [0.2, 0.25) is 0 Å². The molecular weight excluding hydrogens is 406 g/mol. The molecule has 0 aliphatic rings. The van der Waals surface area contributed by atoms with E-state index in [9.17, 15) is 4.79 Å². The van der Waals surface area contributed by atoms with Crippen LogP contribution in [0.1, 0.15) is 28.5 Å². The molecule has 0 saturated carbocycles. The zero-order valence-electron chi connectivity index (χ0n) is 14.9. The molecule has 0 fully saturated rings. The van der Waals surface area contributed by atoms with Crippen molar-refractivity contribution in [3.63, 3.8) is 0 Å². The van der Waals surface area contributed by atoms with Crippen molar-refractivity contribution in [2.75, 3.05) is 5.73 Å². The summed E-state index contributed by atoms with van der Waals surface area (Å²) in [5.41, 5.74) is 7.20. The first-order valence-corrected chi connectivity index (χ1v) is 9.15. The van der Waals surface area contributed by atoms with Crippen LogP contribution in [0.15, 0.2) is 36.7 Å². The highest BCUT2D eigenvalue weighted by atomic mass is 35.5. The summed E-state index contributed by atoms with van der Waals surface area (Å²) in [6.45, 7) is 1.83. The number of hydrogen-bond donors (Lipinski definition) is 3. The lowest BCUT2D eigenvalue weighted by atomic mass is 10.1. The molecule has 0 spiro atoms.